The third kappa shape index (κ3) is 1.93. The van der Waals surface area contributed by atoms with E-state index in [1.807, 2.05) is 0 Å². The molecule has 16 heavy (non-hydrogen) atoms. The number of ether oxygens (including phenoxy) is 1. The van der Waals surface area contributed by atoms with Crippen LogP contribution in [0.1, 0.15) is 24.0 Å². The molecular weight excluding hydrogens is 202 g/mol. The first-order valence-electron chi connectivity index (χ1n) is 5.97. The van der Waals surface area contributed by atoms with E-state index in [4.69, 9.17) is 4.74 Å². The second-order valence-corrected chi connectivity index (χ2v) is 4.74. The number of hydrogen-bond acceptors (Lipinski definition) is 3. The maximum absolute atomic E-state index is 9.19. The van der Waals surface area contributed by atoms with Gasteiger partial charge in [0.15, 0.2) is 0 Å². The van der Waals surface area contributed by atoms with Crippen LogP contribution in [0.5, 0.6) is 5.75 Å². The molecule has 1 aromatic rings. The summed E-state index contributed by atoms with van der Waals surface area (Å²) in [5.74, 6) is 1.04. The fourth-order valence-electron chi connectivity index (χ4n) is 2.37. The number of aliphatic hydroxyl groups excluding tert-OH is 1. The van der Waals surface area contributed by atoms with Crippen molar-refractivity contribution in [2.75, 3.05) is 6.61 Å². The monoisotopic (exact) mass is 219 g/mol. The van der Waals surface area contributed by atoms with Crippen molar-refractivity contribution in [2.45, 2.75) is 38.0 Å². The molecule has 2 aliphatic rings. The smallest absolute Gasteiger partial charge is 0.122 e. The van der Waals surface area contributed by atoms with Gasteiger partial charge in [0.2, 0.25) is 0 Å². The second kappa shape index (κ2) is 4.07. The van der Waals surface area contributed by atoms with Gasteiger partial charge in [-0.15, -0.1) is 0 Å². The van der Waals surface area contributed by atoms with Gasteiger partial charge in [0.25, 0.3) is 0 Å². The van der Waals surface area contributed by atoms with Crippen LogP contribution in [0.15, 0.2) is 18.2 Å². The number of hydrogen-bond donors (Lipinski definition) is 2. The van der Waals surface area contributed by atoms with E-state index in [0.717, 1.165) is 38.2 Å². The Balaban J connectivity index is 1.58. The summed E-state index contributed by atoms with van der Waals surface area (Å²) in [4.78, 5) is 0. The summed E-state index contributed by atoms with van der Waals surface area (Å²) in [6.45, 7) is 1.71. The Kier molecular flexibility index (Phi) is 2.58. The highest BCUT2D eigenvalue weighted by molar-refractivity contribution is 5.39. The zero-order valence-electron chi connectivity index (χ0n) is 9.28. The summed E-state index contributed by atoms with van der Waals surface area (Å²) in [5, 5.41) is 12.6. The Morgan fingerprint density at radius 2 is 2.25 bits per heavy atom. The highest BCUT2D eigenvalue weighted by atomic mass is 16.5. The molecule has 1 heterocycles. The molecule has 0 unspecified atom stereocenters. The fraction of sp³-hybridized carbons (Fsp3) is 0.538. The predicted molar refractivity (Wildman–Crippen MR) is 61.5 cm³/mol. The Labute approximate surface area is 95.4 Å². The second-order valence-electron chi connectivity index (χ2n) is 4.74. The average Bonchev–Trinajstić information content (AvgIpc) is 2.69. The first kappa shape index (κ1) is 10.1. The molecule has 1 aliphatic carbocycles. The molecule has 0 spiro atoms. The van der Waals surface area contributed by atoms with Crippen molar-refractivity contribution in [3.63, 3.8) is 0 Å². The lowest BCUT2D eigenvalue weighted by molar-refractivity contribution is 0.0619. The minimum atomic E-state index is -0.0779. The molecule has 0 radical (unpaired) electrons. The maximum Gasteiger partial charge on any atom is 0.122 e. The van der Waals surface area contributed by atoms with Gasteiger partial charge in [-0.1, -0.05) is 12.1 Å². The summed E-state index contributed by atoms with van der Waals surface area (Å²) < 4.78 is 5.47. The van der Waals surface area contributed by atoms with Crippen LogP contribution >= 0.6 is 0 Å². The molecule has 1 aliphatic heterocycles. The molecule has 1 fully saturated rings. The van der Waals surface area contributed by atoms with Crippen molar-refractivity contribution in [1.29, 1.82) is 0 Å². The molecule has 3 nitrogen and oxygen atoms in total. The van der Waals surface area contributed by atoms with Crippen LogP contribution in [0.3, 0.4) is 0 Å². The number of nitrogens with one attached hydrogen (secondary N) is 1. The molecule has 86 valence electrons. The minimum Gasteiger partial charge on any atom is -0.493 e. The maximum atomic E-state index is 9.19. The van der Waals surface area contributed by atoms with Crippen molar-refractivity contribution in [3.8, 4) is 5.75 Å². The Morgan fingerprint density at radius 3 is 3.06 bits per heavy atom. The Bertz CT molecular complexity index is 386. The molecule has 0 saturated heterocycles. The molecule has 3 heteroatoms. The summed E-state index contributed by atoms with van der Waals surface area (Å²) in [5.41, 5.74) is 2.64. The first-order chi connectivity index (χ1) is 7.81. The van der Waals surface area contributed by atoms with Gasteiger partial charge in [-0.3, -0.25) is 0 Å². The van der Waals surface area contributed by atoms with Crippen LogP contribution in [0.4, 0.5) is 0 Å². The molecule has 1 aromatic carbocycles. The lowest BCUT2D eigenvalue weighted by Gasteiger charge is -2.32. The zero-order chi connectivity index (χ0) is 11.0. The third-order valence-electron chi connectivity index (χ3n) is 3.46. The standard InChI is InChI=1S/C13H17NO2/c15-12-6-11(7-12)14-8-9-1-2-13-10(5-9)3-4-16-13/h1-2,5,11-12,14-15H,3-4,6-8H2. The van der Waals surface area contributed by atoms with E-state index < -0.39 is 0 Å². The topological polar surface area (TPSA) is 41.5 Å². The fourth-order valence-corrected chi connectivity index (χ4v) is 2.37. The van der Waals surface area contributed by atoms with Gasteiger partial charge in [-0.2, -0.15) is 0 Å². The largest absolute Gasteiger partial charge is 0.493 e. The molecule has 0 aromatic heterocycles. The van der Waals surface area contributed by atoms with Crippen LogP contribution in [-0.4, -0.2) is 23.9 Å². The molecule has 0 amide bonds. The minimum absolute atomic E-state index is 0.0779. The molecule has 0 atom stereocenters. The zero-order valence-corrected chi connectivity index (χ0v) is 9.28. The van der Waals surface area contributed by atoms with E-state index in [9.17, 15) is 5.11 Å². The quantitative estimate of drug-likeness (QED) is 0.803. The van der Waals surface area contributed by atoms with E-state index >= 15 is 0 Å². The van der Waals surface area contributed by atoms with Crippen LogP contribution < -0.4 is 10.1 Å². The van der Waals surface area contributed by atoms with Gasteiger partial charge in [-0.05, 0) is 30.0 Å². The number of aliphatic hydroxyl groups is 1. The van der Waals surface area contributed by atoms with Crippen molar-refractivity contribution in [2.24, 2.45) is 0 Å². The first-order valence-corrected chi connectivity index (χ1v) is 5.97. The number of rotatable bonds is 3. The van der Waals surface area contributed by atoms with Gasteiger partial charge >= 0.3 is 0 Å². The van der Waals surface area contributed by atoms with Gasteiger partial charge in [0.05, 0.1) is 12.7 Å². The number of benzene rings is 1. The summed E-state index contributed by atoms with van der Waals surface area (Å²) in [7, 11) is 0. The molecule has 3 rings (SSSR count). The summed E-state index contributed by atoms with van der Waals surface area (Å²) in [6, 6.07) is 6.91. The van der Waals surface area contributed by atoms with Crippen LogP contribution in [0.25, 0.3) is 0 Å². The molecule has 2 N–H and O–H groups in total. The SMILES string of the molecule is OC1CC(NCc2ccc3c(c2)CCO3)C1. The van der Waals surface area contributed by atoms with Crippen LogP contribution in [0.2, 0.25) is 0 Å². The Hall–Kier alpha value is -1.06. The van der Waals surface area contributed by atoms with Gasteiger partial charge in [-0.25, -0.2) is 0 Å². The Morgan fingerprint density at radius 1 is 1.38 bits per heavy atom. The van der Waals surface area contributed by atoms with Crippen molar-refractivity contribution in [3.05, 3.63) is 29.3 Å². The van der Waals surface area contributed by atoms with E-state index in [0.29, 0.717) is 6.04 Å². The molecule has 1 saturated carbocycles. The summed E-state index contributed by atoms with van der Waals surface area (Å²) >= 11 is 0. The van der Waals surface area contributed by atoms with E-state index in [2.05, 4.69) is 23.5 Å². The van der Waals surface area contributed by atoms with E-state index in [1.54, 1.807) is 0 Å². The lowest BCUT2D eigenvalue weighted by Crippen LogP contribution is -2.43. The van der Waals surface area contributed by atoms with Crippen LogP contribution in [0, 0.1) is 0 Å². The van der Waals surface area contributed by atoms with Gasteiger partial charge in [0, 0.05) is 19.0 Å². The van der Waals surface area contributed by atoms with Crippen LogP contribution in [-0.2, 0) is 13.0 Å². The normalized spacial score (nSPS) is 27.1. The third-order valence-corrected chi connectivity index (χ3v) is 3.46. The van der Waals surface area contributed by atoms with Crippen molar-refractivity contribution in [1.82, 2.24) is 5.32 Å². The highest BCUT2D eigenvalue weighted by Crippen LogP contribution is 2.26. The number of fused-ring (bicyclic) bond motifs is 1. The lowest BCUT2D eigenvalue weighted by atomic mass is 9.89. The average molecular weight is 219 g/mol. The van der Waals surface area contributed by atoms with Crippen molar-refractivity contribution < 1.29 is 9.84 Å². The molecule has 0 bridgehead atoms. The predicted octanol–water partition coefficient (Wildman–Crippen LogP) is 1.23. The van der Waals surface area contributed by atoms with E-state index in [-0.39, 0.29) is 6.10 Å². The van der Waals surface area contributed by atoms with Gasteiger partial charge < -0.3 is 15.2 Å². The van der Waals surface area contributed by atoms with Crippen molar-refractivity contribution >= 4 is 0 Å². The van der Waals surface area contributed by atoms with Gasteiger partial charge in [0.1, 0.15) is 5.75 Å². The van der Waals surface area contributed by atoms with E-state index in [1.165, 1.54) is 11.1 Å². The highest BCUT2D eigenvalue weighted by Gasteiger charge is 2.26. The summed E-state index contributed by atoms with van der Waals surface area (Å²) in [6.07, 6.45) is 2.75. The molecular formula is C13H17NO2.